The van der Waals surface area contributed by atoms with Gasteiger partial charge in [0.1, 0.15) is 17.9 Å². The summed E-state index contributed by atoms with van der Waals surface area (Å²) in [6.07, 6.45) is 0.276. The number of furan rings is 1. The fraction of sp³-hybridized carbons (Fsp3) is 0.200. The van der Waals surface area contributed by atoms with Crippen molar-refractivity contribution in [1.29, 1.82) is 5.26 Å². The molecule has 5 nitrogen and oxygen atoms in total. The molecule has 0 N–H and O–H groups in total. The Morgan fingerprint density at radius 3 is 2.64 bits per heavy atom. The van der Waals surface area contributed by atoms with Crippen LogP contribution in [0.3, 0.4) is 0 Å². The van der Waals surface area contributed by atoms with Crippen molar-refractivity contribution in [3.05, 3.63) is 65.9 Å². The quantitative estimate of drug-likeness (QED) is 0.683. The van der Waals surface area contributed by atoms with Gasteiger partial charge in [-0.05, 0) is 18.2 Å². The third-order valence-corrected chi connectivity index (χ3v) is 3.92. The second kappa shape index (κ2) is 7.54. The molecule has 0 saturated heterocycles. The van der Waals surface area contributed by atoms with Gasteiger partial charge in [0.05, 0.1) is 12.5 Å². The molecule has 25 heavy (non-hydrogen) atoms. The van der Waals surface area contributed by atoms with Gasteiger partial charge in [0, 0.05) is 24.5 Å². The van der Waals surface area contributed by atoms with Gasteiger partial charge < -0.3 is 14.1 Å². The Hall–Kier alpha value is -3.26. The first-order valence-corrected chi connectivity index (χ1v) is 8.01. The smallest absolute Gasteiger partial charge is 0.289 e. The normalized spacial score (nSPS) is 10.4. The molecule has 1 amide bonds. The summed E-state index contributed by atoms with van der Waals surface area (Å²) < 4.78 is 11.6. The summed E-state index contributed by atoms with van der Waals surface area (Å²) in [5.41, 5.74) is 1.36. The summed E-state index contributed by atoms with van der Waals surface area (Å²) >= 11 is 0. The van der Waals surface area contributed by atoms with Crippen molar-refractivity contribution in [3.8, 4) is 11.8 Å². The van der Waals surface area contributed by atoms with Crippen molar-refractivity contribution in [1.82, 2.24) is 4.90 Å². The van der Waals surface area contributed by atoms with E-state index in [4.69, 9.17) is 14.4 Å². The molecule has 0 unspecified atom stereocenters. The third-order valence-electron chi connectivity index (χ3n) is 3.92. The highest BCUT2D eigenvalue weighted by Gasteiger charge is 2.23. The van der Waals surface area contributed by atoms with Crippen LogP contribution >= 0.6 is 0 Å². The average Bonchev–Trinajstić information content (AvgIpc) is 3.03. The lowest BCUT2D eigenvalue weighted by molar-refractivity contribution is 0.0765. The molecule has 0 fully saturated rings. The van der Waals surface area contributed by atoms with E-state index in [9.17, 15) is 4.79 Å². The van der Waals surface area contributed by atoms with E-state index in [0.29, 0.717) is 17.7 Å². The zero-order chi connectivity index (χ0) is 17.6. The minimum Gasteiger partial charge on any atom is -0.489 e. The maximum absolute atomic E-state index is 12.7. The van der Waals surface area contributed by atoms with Gasteiger partial charge in [-0.25, -0.2) is 0 Å². The van der Waals surface area contributed by atoms with Crippen LogP contribution in [0.5, 0.6) is 5.75 Å². The molecule has 0 aliphatic carbocycles. The fourth-order valence-electron chi connectivity index (χ4n) is 2.58. The Bertz CT molecular complexity index is 910. The fourth-order valence-corrected chi connectivity index (χ4v) is 2.58. The number of ether oxygens (including phenoxy) is 1. The third kappa shape index (κ3) is 3.64. The molecule has 0 atom stereocenters. The first kappa shape index (κ1) is 16.6. The Balaban J connectivity index is 1.92. The zero-order valence-corrected chi connectivity index (χ0v) is 13.9. The van der Waals surface area contributed by atoms with Gasteiger partial charge in [0.2, 0.25) is 0 Å². The number of hydrogen-bond donors (Lipinski definition) is 0. The number of nitrogens with zero attached hydrogens (tertiary/aromatic N) is 2. The van der Waals surface area contributed by atoms with E-state index in [-0.39, 0.29) is 24.7 Å². The van der Waals surface area contributed by atoms with E-state index in [0.717, 1.165) is 11.1 Å². The van der Waals surface area contributed by atoms with Crippen molar-refractivity contribution in [2.24, 2.45) is 0 Å². The molecule has 0 radical (unpaired) electrons. The highest BCUT2D eigenvalue weighted by atomic mass is 16.5. The molecule has 126 valence electrons. The van der Waals surface area contributed by atoms with Crippen LogP contribution in [-0.4, -0.2) is 24.4 Å². The lowest BCUT2D eigenvalue weighted by Crippen LogP contribution is -2.28. The number of nitriles is 1. The molecule has 1 heterocycles. The Morgan fingerprint density at radius 2 is 1.88 bits per heavy atom. The standard InChI is InChI=1S/C20H18N2O3/c1-22(13-7-12-21)20(23)19-17(14-24-15-8-3-2-4-9-15)16-10-5-6-11-18(16)25-19/h2-6,8-11H,7,13-14H2,1H3. The van der Waals surface area contributed by atoms with Gasteiger partial charge in [0.15, 0.2) is 5.76 Å². The molecule has 3 rings (SSSR count). The number of fused-ring (bicyclic) bond motifs is 1. The number of hydrogen-bond acceptors (Lipinski definition) is 4. The van der Waals surface area contributed by atoms with Crippen molar-refractivity contribution in [2.45, 2.75) is 13.0 Å². The van der Waals surface area contributed by atoms with Crippen molar-refractivity contribution >= 4 is 16.9 Å². The molecular weight excluding hydrogens is 316 g/mol. The molecule has 1 aromatic heterocycles. The van der Waals surface area contributed by atoms with E-state index < -0.39 is 0 Å². The zero-order valence-electron chi connectivity index (χ0n) is 13.9. The first-order chi connectivity index (χ1) is 12.2. The second-order valence-corrected chi connectivity index (χ2v) is 5.64. The number of carbonyl (C=O) groups excluding carboxylic acids is 1. The van der Waals surface area contributed by atoms with Gasteiger partial charge in [-0.3, -0.25) is 4.79 Å². The molecule has 0 saturated carbocycles. The minimum absolute atomic E-state index is 0.230. The highest BCUT2D eigenvalue weighted by molar-refractivity contribution is 5.99. The van der Waals surface area contributed by atoms with Crippen LogP contribution in [0.1, 0.15) is 22.5 Å². The Morgan fingerprint density at radius 1 is 1.16 bits per heavy atom. The van der Waals surface area contributed by atoms with E-state index in [1.54, 1.807) is 7.05 Å². The molecule has 0 aliphatic rings. The van der Waals surface area contributed by atoms with Crippen molar-refractivity contribution in [2.75, 3.05) is 13.6 Å². The number of benzene rings is 2. The average molecular weight is 334 g/mol. The summed E-state index contributed by atoms with van der Waals surface area (Å²) in [6.45, 7) is 0.583. The van der Waals surface area contributed by atoms with Gasteiger partial charge in [0.25, 0.3) is 5.91 Å². The maximum atomic E-state index is 12.7. The predicted molar refractivity (Wildman–Crippen MR) is 94.2 cm³/mol. The van der Waals surface area contributed by atoms with Crippen molar-refractivity contribution in [3.63, 3.8) is 0 Å². The van der Waals surface area contributed by atoms with Gasteiger partial charge >= 0.3 is 0 Å². The molecular formula is C20H18N2O3. The molecule has 2 aromatic carbocycles. The molecule has 0 spiro atoms. The van der Waals surface area contributed by atoms with Crippen molar-refractivity contribution < 1.29 is 13.9 Å². The topological polar surface area (TPSA) is 66.5 Å². The summed E-state index contributed by atoms with van der Waals surface area (Å²) in [6, 6.07) is 19.0. The van der Waals surface area contributed by atoms with E-state index >= 15 is 0 Å². The lowest BCUT2D eigenvalue weighted by atomic mass is 10.1. The molecule has 0 aliphatic heterocycles. The summed E-state index contributed by atoms with van der Waals surface area (Å²) in [7, 11) is 1.66. The Labute approximate surface area is 146 Å². The minimum atomic E-state index is -0.252. The van der Waals surface area contributed by atoms with E-state index in [2.05, 4.69) is 0 Å². The van der Waals surface area contributed by atoms with Crippen LogP contribution in [-0.2, 0) is 6.61 Å². The van der Waals surface area contributed by atoms with Crippen LogP contribution in [0, 0.1) is 11.3 Å². The van der Waals surface area contributed by atoms with Crippen LogP contribution in [0.4, 0.5) is 0 Å². The van der Waals surface area contributed by atoms with E-state index in [1.165, 1.54) is 4.90 Å². The van der Waals surface area contributed by atoms with Gasteiger partial charge in [-0.15, -0.1) is 0 Å². The summed E-state index contributed by atoms with van der Waals surface area (Å²) in [5.74, 6) is 0.736. The first-order valence-electron chi connectivity index (χ1n) is 8.01. The predicted octanol–water partition coefficient (Wildman–Crippen LogP) is 4.00. The van der Waals surface area contributed by atoms with Crippen LogP contribution in [0.25, 0.3) is 11.0 Å². The summed E-state index contributed by atoms with van der Waals surface area (Å²) in [5, 5.41) is 9.57. The number of para-hydroxylation sites is 2. The van der Waals surface area contributed by atoms with E-state index in [1.807, 2.05) is 60.7 Å². The second-order valence-electron chi connectivity index (χ2n) is 5.64. The number of carbonyl (C=O) groups is 1. The monoisotopic (exact) mass is 334 g/mol. The molecule has 0 bridgehead atoms. The van der Waals surface area contributed by atoms with Gasteiger partial charge in [-0.2, -0.15) is 5.26 Å². The number of amides is 1. The summed E-state index contributed by atoms with van der Waals surface area (Å²) in [4.78, 5) is 14.2. The van der Waals surface area contributed by atoms with Crippen LogP contribution in [0.2, 0.25) is 0 Å². The number of rotatable bonds is 6. The molecule has 3 aromatic rings. The van der Waals surface area contributed by atoms with Gasteiger partial charge in [-0.1, -0.05) is 36.4 Å². The lowest BCUT2D eigenvalue weighted by Gasteiger charge is -2.15. The Kier molecular flexibility index (Phi) is 5.00. The SMILES string of the molecule is CN(CCC#N)C(=O)c1oc2ccccc2c1COc1ccccc1. The largest absolute Gasteiger partial charge is 0.489 e. The van der Waals surface area contributed by atoms with Crippen LogP contribution in [0.15, 0.2) is 59.0 Å². The highest BCUT2D eigenvalue weighted by Crippen LogP contribution is 2.28. The maximum Gasteiger partial charge on any atom is 0.289 e. The van der Waals surface area contributed by atoms with Crippen LogP contribution < -0.4 is 4.74 Å². The molecule has 5 heteroatoms.